The quantitative estimate of drug-likeness (QED) is 0.861. The van der Waals surface area contributed by atoms with E-state index >= 15 is 0 Å². The Bertz CT molecular complexity index is 686. The largest absolute Gasteiger partial charge is 0.490 e. The number of rotatable bonds is 5. The molecule has 1 aromatic carbocycles. The Labute approximate surface area is 128 Å². The highest BCUT2D eigenvalue weighted by atomic mass is 19.1. The fourth-order valence-electron chi connectivity index (χ4n) is 2.60. The van der Waals surface area contributed by atoms with E-state index in [1.165, 1.54) is 12.1 Å². The minimum Gasteiger partial charge on any atom is -0.490 e. The van der Waals surface area contributed by atoms with Crippen LogP contribution in [0.1, 0.15) is 17.2 Å². The third-order valence-corrected chi connectivity index (χ3v) is 3.77. The summed E-state index contributed by atoms with van der Waals surface area (Å²) < 4.78 is 18.8. The molecular weight excluding hydrogens is 283 g/mol. The first-order chi connectivity index (χ1) is 10.7. The molecule has 1 atom stereocenters. The van der Waals surface area contributed by atoms with Crippen molar-refractivity contribution < 1.29 is 13.9 Å². The van der Waals surface area contributed by atoms with Gasteiger partial charge in [0.1, 0.15) is 30.2 Å². The number of aldehydes is 1. The molecule has 1 unspecified atom stereocenters. The van der Waals surface area contributed by atoms with Crippen LogP contribution in [0.25, 0.3) is 11.3 Å². The molecule has 1 aliphatic rings. The van der Waals surface area contributed by atoms with Crippen LogP contribution in [0.5, 0.6) is 5.75 Å². The number of benzene rings is 1. The van der Waals surface area contributed by atoms with Crippen LogP contribution in [0, 0.1) is 5.82 Å². The molecule has 1 aromatic heterocycles. The summed E-state index contributed by atoms with van der Waals surface area (Å²) in [7, 11) is 1.88. The lowest BCUT2D eigenvalue weighted by Crippen LogP contribution is -2.12. The van der Waals surface area contributed by atoms with Gasteiger partial charge in [-0.05, 0) is 37.4 Å². The molecule has 0 fully saturated rings. The Morgan fingerprint density at radius 1 is 1.41 bits per heavy atom. The Morgan fingerprint density at radius 2 is 2.18 bits per heavy atom. The number of fused-ring (bicyclic) bond motifs is 1. The van der Waals surface area contributed by atoms with Gasteiger partial charge in [-0.3, -0.25) is 0 Å². The molecule has 2 heterocycles. The zero-order valence-electron chi connectivity index (χ0n) is 12.3. The molecule has 2 aromatic rings. The molecule has 0 saturated carbocycles. The summed E-state index contributed by atoms with van der Waals surface area (Å²) in [5.74, 6) is 0.0841. The van der Waals surface area contributed by atoms with Crippen LogP contribution in [0.15, 0.2) is 30.3 Å². The van der Waals surface area contributed by atoms with Gasteiger partial charge in [0.05, 0.1) is 5.92 Å². The summed E-state index contributed by atoms with van der Waals surface area (Å²) in [4.78, 5) is 15.9. The van der Waals surface area contributed by atoms with Crippen molar-refractivity contribution in [1.29, 1.82) is 0 Å². The van der Waals surface area contributed by atoms with E-state index in [2.05, 4.69) is 10.3 Å². The number of carbonyl (C=O) groups excluding carboxylic acids is 1. The molecule has 1 aliphatic heterocycles. The molecule has 0 spiro atoms. The van der Waals surface area contributed by atoms with Crippen molar-refractivity contribution in [2.75, 3.05) is 20.2 Å². The van der Waals surface area contributed by atoms with Crippen LogP contribution >= 0.6 is 0 Å². The molecule has 0 amide bonds. The highest BCUT2D eigenvalue weighted by Gasteiger charge is 2.28. The van der Waals surface area contributed by atoms with E-state index in [0.717, 1.165) is 36.1 Å². The number of halogens is 1. The third-order valence-electron chi connectivity index (χ3n) is 3.77. The monoisotopic (exact) mass is 300 g/mol. The molecule has 114 valence electrons. The number of carbonyl (C=O) groups is 1. The van der Waals surface area contributed by atoms with E-state index in [1.54, 1.807) is 12.1 Å². The molecule has 0 bridgehead atoms. The van der Waals surface area contributed by atoms with E-state index in [0.29, 0.717) is 18.1 Å². The van der Waals surface area contributed by atoms with Gasteiger partial charge in [-0.25, -0.2) is 9.37 Å². The number of aromatic nitrogens is 1. The Hall–Kier alpha value is -2.27. The first-order valence-corrected chi connectivity index (χ1v) is 7.25. The van der Waals surface area contributed by atoms with Gasteiger partial charge in [0.15, 0.2) is 0 Å². The van der Waals surface area contributed by atoms with Crippen molar-refractivity contribution in [3.63, 3.8) is 0 Å². The van der Waals surface area contributed by atoms with Crippen molar-refractivity contribution in [3.8, 4) is 17.0 Å². The summed E-state index contributed by atoms with van der Waals surface area (Å²) in [5, 5.41) is 3.09. The highest BCUT2D eigenvalue weighted by molar-refractivity contribution is 5.75. The van der Waals surface area contributed by atoms with Crippen LogP contribution in [0.3, 0.4) is 0 Å². The maximum atomic E-state index is 13.1. The summed E-state index contributed by atoms with van der Waals surface area (Å²) in [6.07, 6.45) is 1.66. The molecule has 3 rings (SSSR count). The van der Waals surface area contributed by atoms with Crippen LogP contribution in [0.2, 0.25) is 0 Å². The lowest BCUT2D eigenvalue weighted by molar-refractivity contribution is -0.109. The maximum Gasteiger partial charge on any atom is 0.149 e. The number of hydrogen-bond donors (Lipinski definition) is 1. The molecule has 4 nitrogen and oxygen atoms in total. The second-order valence-electron chi connectivity index (χ2n) is 5.29. The van der Waals surface area contributed by atoms with Crippen molar-refractivity contribution in [2.45, 2.75) is 12.3 Å². The predicted molar refractivity (Wildman–Crippen MR) is 81.6 cm³/mol. The van der Waals surface area contributed by atoms with Gasteiger partial charge in [-0.2, -0.15) is 0 Å². The van der Waals surface area contributed by atoms with Gasteiger partial charge in [0, 0.05) is 29.8 Å². The lowest BCUT2D eigenvalue weighted by Gasteiger charge is -2.11. The van der Waals surface area contributed by atoms with Crippen LogP contribution in [-0.2, 0) is 11.2 Å². The summed E-state index contributed by atoms with van der Waals surface area (Å²) >= 11 is 0. The maximum absolute atomic E-state index is 13.1. The number of pyridine rings is 1. The Balaban J connectivity index is 2.09. The number of likely N-dealkylation sites (N-methyl/N-ethyl adjacent to an activating group) is 1. The first-order valence-electron chi connectivity index (χ1n) is 7.25. The Kier molecular flexibility index (Phi) is 4.15. The molecule has 0 saturated heterocycles. The minimum absolute atomic E-state index is 0.259. The topological polar surface area (TPSA) is 51.2 Å². The van der Waals surface area contributed by atoms with E-state index in [1.807, 2.05) is 13.1 Å². The van der Waals surface area contributed by atoms with Gasteiger partial charge >= 0.3 is 0 Å². The molecule has 5 heteroatoms. The normalized spacial score (nSPS) is 16.2. The van der Waals surface area contributed by atoms with Gasteiger partial charge in [0.25, 0.3) is 0 Å². The van der Waals surface area contributed by atoms with Crippen LogP contribution < -0.4 is 10.1 Å². The van der Waals surface area contributed by atoms with Gasteiger partial charge in [-0.1, -0.05) is 0 Å². The van der Waals surface area contributed by atoms with Crippen molar-refractivity contribution in [1.82, 2.24) is 10.3 Å². The van der Waals surface area contributed by atoms with Crippen LogP contribution in [-0.4, -0.2) is 31.5 Å². The SMILES string of the molecule is CNCCc1cc2c(c(-c3ccc(F)cc3)n1)OCC2C=O. The number of nitrogens with zero attached hydrogens (tertiary/aromatic N) is 1. The molecule has 22 heavy (non-hydrogen) atoms. The Morgan fingerprint density at radius 3 is 2.86 bits per heavy atom. The first kappa shape index (κ1) is 14.7. The van der Waals surface area contributed by atoms with Crippen molar-refractivity contribution in [2.24, 2.45) is 0 Å². The molecular formula is C17H17FN2O2. The van der Waals surface area contributed by atoms with Gasteiger partial charge < -0.3 is 14.8 Å². The van der Waals surface area contributed by atoms with E-state index < -0.39 is 0 Å². The second kappa shape index (κ2) is 6.23. The third kappa shape index (κ3) is 2.72. The number of ether oxygens (including phenoxy) is 1. The van der Waals surface area contributed by atoms with Crippen LogP contribution in [0.4, 0.5) is 4.39 Å². The average molecular weight is 300 g/mol. The standard InChI is InChI=1S/C17H17FN2O2/c1-19-7-6-14-8-15-12(9-21)10-22-17(15)16(20-14)11-2-4-13(18)5-3-11/h2-5,8-9,12,19H,6-7,10H2,1H3. The van der Waals surface area contributed by atoms with Crippen molar-refractivity contribution >= 4 is 6.29 Å². The van der Waals surface area contributed by atoms with E-state index in [-0.39, 0.29) is 11.7 Å². The minimum atomic E-state index is -0.293. The van der Waals surface area contributed by atoms with E-state index in [4.69, 9.17) is 4.74 Å². The summed E-state index contributed by atoms with van der Waals surface area (Å²) in [6, 6.07) is 8.09. The fourth-order valence-corrected chi connectivity index (χ4v) is 2.60. The van der Waals surface area contributed by atoms with Gasteiger partial charge in [0.2, 0.25) is 0 Å². The van der Waals surface area contributed by atoms with Crippen molar-refractivity contribution in [3.05, 3.63) is 47.4 Å². The zero-order valence-corrected chi connectivity index (χ0v) is 12.3. The summed E-state index contributed by atoms with van der Waals surface area (Å²) in [6.45, 7) is 1.13. The molecule has 0 radical (unpaired) electrons. The average Bonchev–Trinajstić information content (AvgIpc) is 2.96. The summed E-state index contributed by atoms with van der Waals surface area (Å²) in [5.41, 5.74) is 3.23. The molecule has 0 aliphatic carbocycles. The second-order valence-corrected chi connectivity index (χ2v) is 5.29. The predicted octanol–water partition coefficient (Wildman–Crippen LogP) is 2.32. The highest BCUT2D eigenvalue weighted by Crippen LogP contribution is 2.40. The zero-order chi connectivity index (χ0) is 15.5. The number of hydrogen-bond acceptors (Lipinski definition) is 4. The van der Waals surface area contributed by atoms with Gasteiger partial charge in [-0.15, -0.1) is 0 Å². The smallest absolute Gasteiger partial charge is 0.149 e. The fraction of sp³-hybridized carbons (Fsp3) is 0.294. The number of nitrogens with one attached hydrogen (secondary N) is 1. The van der Waals surface area contributed by atoms with E-state index in [9.17, 15) is 9.18 Å². The molecule has 1 N–H and O–H groups in total. The lowest BCUT2D eigenvalue weighted by atomic mass is 9.99.